The van der Waals surface area contributed by atoms with E-state index in [2.05, 4.69) is 24.9 Å². The maximum absolute atomic E-state index is 9.51. The van der Waals surface area contributed by atoms with Crippen LogP contribution in [0.1, 0.15) is 30.9 Å². The minimum Gasteiger partial charge on any atom is -0.477 e. The third-order valence-electron chi connectivity index (χ3n) is 3.15. The highest BCUT2D eigenvalue weighted by Crippen LogP contribution is 2.22. The van der Waals surface area contributed by atoms with Crippen molar-refractivity contribution in [3.05, 3.63) is 60.7 Å². The zero-order valence-electron chi connectivity index (χ0n) is 11.0. The lowest BCUT2D eigenvalue weighted by molar-refractivity contribution is -0.522. The molecular formula is C16H20NO2+. The van der Waals surface area contributed by atoms with Crippen LogP contribution in [-0.4, -0.2) is 22.5 Å². The van der Waals surface area contributed by atoms with E-state index in [9.17, 15) is 5.11 Å². The van der Waals surface area contributed by atoms with E-state index in [-0.39, 0.29) is 12.0 Å². The van der Waals surface area contributed by atoms with Crippen LogP contribution in [0.15, 0.2) is 55.1 Å². The van der Waals surface area contributed by atoms with Crippen LogP contribution in [0.4, 0.5) is 0 Å². The lowest BCUT2D eigenvalue weighted by Gasteiger charge is -2.18. The molecule has 0 unspecified atom stereocenters. The summed E-state index contributed by atoms with van der Waals surface area (Å²) in [7, 11) is 0. The summed E-state index contributed by atoms with van der Waals surface area (Å²) in [5.74, 6) is -0.0212. The molecule has 3 heteroatoms. The summed E-state index contributed by atoms with van der Waals surface area (Å²) in [5.41, 5.74) is 1.19. The molecule has 0 saturated heterocycles. The minimum absolute atomic E-state index is 0.0212. The quantitative estimate of drug-likeness (QED) is 0.497. The third kappa shape index (κ3) is 3.71. The summed E-state index contributed by atoms with van der Waals surface area (Å²) < 4.78 is 7.28. The first-order chi connectivity index (χ1) is 9.31. The van der Waals surface area contributed by atoms with Gasteiger partial charge in [-0.25, -0.2) is 0 Å². The van der Waals surface area contributed by atoms with Gasteiger partial charge in [0.05, 0.1) is 0 Å². The smallest absolute Gasteiger partial charge is 0.344 e. The van der Waals surface area contributed by atoms with Gasteiger partial charge in [-0.2, -0.15) is 4.58 Å². The topological polar surface area (TPSA) is 32.5 Å². The van der Waals surface area contributed by atoms with Crippen LogP contribution in [0.3, 0.4) is 0 Å². The molecule has 1 N–H and O–H groups in total. The highest BCUT2D eigenvalue weighted by molar-refractivity contribution is 5.51. The molecule has 0 spiro atoms. The van der Waals surface area contributed by atoms with Crippen molar-refractivity contribution in [1.29, 1.82) is 0 Å². The van der Waals surface area contributed by atoms with Crippen LogP contribution >= 0.6 is 0 Å². The normalized spacial score (nSPS) is 20.7. The Kier molecular flexibility index (Phi) is 4.78. The first-order valence-electron chi connectivity index (χ1n) is 6.61. The molecule has 2 rings (SSSR count). The van der Waals surface area contributed by atoms with Crippen molar-refractivity contribution in [2.45, 2.75) is 25.3 Å². The highest BCUT2D eigenvalue weighted by atomic mass is 16.6. The molecule has 1 atom stereocenters. The average molecular weight is 258 g/mol. The number of aliphatic hydroxyl groups is 1. The summed E-state index contributed by atoms with van der Waals surface area (Å²) in [4.78, 5) is 0. The minimum atomic E-state index is -0.0212. The molecule has 1 aromatic rings. The van der Waals surface area contributed by atoms with Gasteiger partial charge < -0.3 is 9.84 Å². The Morgan fingerprint density at radius 1 is 1.32 bits per heavy atom. The van der Waals surface area contributed by atoms with Crippen LogP contribution in [-0.2, 0) is 4.74 Å². The van der Waals surface area contributed by atoms with E-state index in [4.69, 9.17) is 4.74 Å². The van der Waals surface area contributed by atoms with Gasteiger partial charge in [-0.15, -0.1) is 6.58 Å². The summed E-state index contributed by atoms with van der Waals surface area (Å²) in [5, 5.41) is 9.51. The third-order valence-corrected chi connectivity index (χ3v) is 3.15. The van der Waals surface area contributed by atoms with Crippen molar-refractivity contribution >= 4 is 6.21 Å². The average Bonchev–Trinajstić information content (AvgIpc) is 2.45. The van der Waals surface area contributed by atoms with Gasteiger partial charge in [0.1, 0.15) is 6.21 Å². The number of hydrogen-bond acceptors (Lipinski definition) is 2. The molecule has 1 heterocycles. The fourth-order valence-electron chi connectivity index (χ4n) is 2.13. The van der Waals surface area contributed by atoms with Crippen LogP contribution in [0.25, 0.3) is 0 Å². The molecule has 3 nitrogen and oxygen atoms in total. The van der Waals surface area contributed by atoms with Crippen molar-refractivity contribution < 1.29 is 14.4 Å². The molecule has 0 bridgehead atoms. The molecule has 0 amide bonds. The van der Waals surface area contributed by atoms with Crippen LogP contribution in [0, 0.1) is 0 Å². The monoisotopic (exact) mass is 258 g/mol. The van der Waals surface area contributed by atoms with Gasteiger partial charge in [-0.3, -0.25) is 0 Å². The fraction of sp³-hybridized carbons (Fsp3) is 0.312. The van der Waals surface area contributed by atoms with Crippen molar-refractivity contribution in [1.82, 2.24) is 0 Å². The predicted octanol–water partition coefficient (Wildman–Crippen LogP) is 3.55. The molecule has 19 heavy (non-hydrogen) atoms. The Labute approximate surface area is 114 Å². The van der Waals surface area contributed by atoms with Gasteiger partial charge in [0.2, 0.25) is 12.2 Å². The van der Waals surface area contributed by atoms with E-state index < -0.39 is 0 Å². The van der Waals surface area contributed by atoms with Crippen molar-refractivity contribution in [2.75, 3.05) is 6.61 Å². The number of aliphatic hydroxyl groups excluding tert-OH is 1. The number of ether oxygens (including phenoxy) is 1. The zero-order valence-corrected chi connectivity index (χ0v) is 11.0. The van der Waals surface area contributed by atoms with Gasteiger partial charge >= 0.3 is 5.95 Å². The molecule has 0 aliphatic carbocycles. The zero-order chi connectivity index (χ0) is 13.5. The second-order valence-corrected chi connectivity index (χ2v) is 4.55. The van der Waals surface area contributed by atoms with E-state index in [1.54, 1.807) is 6.20 Å². The number of benzene rings is 1. The van der Waals surface area contributed by atoms with Gasteiger partial charge in [0, 0.05) is 12.0 Å². The van der Waals surface area contributed by atoms with Crippen molar-refractivity contribution in [2.24, 2.45) is 0 Å². The lowest BCUT2D eigenvalue weighted by atomic mass is 10.1. The van der Waals surface area contributed by atoms with Gasteiger partial charge in [0.25, 0.3) is 0 Å². The molecule has 0 saturated carbocycles. The molecule has 1 aliphatic rings. The molecule has 1 aliphatic heterocycles. The van der Waals surface area contributed by atoms with Gasteiger partial charge in [-0.05, 0) is 12.8 Å². The second-order valence-electron chi connectivity index (χ2n) is 4.55. The largest absolute Gasteiger partial charge is 0.477 e. The second kappa shape index (κ2) is 6.78. The number of rotatable bonds is 5. The Morgan fingerprint density at radius 3 is 2.84 bits per heavy atom. The Balaban J connectivity index is 2.15. The number of hydrogen-bond donors (Lipinski definition) is 1. The van der Waals surface area contributed by atoms with Crippen LogP contribution < -0.4 is 0 Å². The maximum atomic E-state index is 9.51. The van der Waals surface area contributed by atoms with E-state index >= 15 is 0 Å². The lowest BCUT2D eigenvalue weighted by Crippen LogP contribution is -2.25. The Bertz CT molecular complexity index is 477. The highest BCUT2D eigenvalue weighted by Gasteiger charge is 2.28. The standard InChI is InChI=1S/C16H19NO2/c1-2-3-4-8-11-17-12-16(18)19-13-15(17)14-9-6-5-7-10-14/h2,5-7,9-12,15H,1,3-4,8,13H2/p+1/t15-/m1/s1. The molecule has 0 aromatic heterocycles. The van der Waals surface area contributed by atoms with E-state index in [1.807, 2.05) is 28.9 Å². The SMILES string of the molecule is C=CCCCC=[N+]1C=C(O)OC[C@@H]1c1ccccc1. The summed E-state index contributed by atoms with van der Waals surface area (Å²) in [6, 6.07) is 10.3. The van der Waals surface area contributed by atoms with E-state index in [0.29, 0.717) is 6.61 Å². The first kappa shape index (κ1) is 13.4. The molecule has 0 radical (unpaired) electrons. The summed E-state index contributed by atoms with van der Waals surface area (Å²) >= 11 is 0. The molecule has 0 fully saturated rings. The van der Waals surface area contributed by atoms with E-state index in [0.717, 1.165) is 19.3 Å². The van der Waals surface area contributed by atoms with Gasteiger partial charge in [-0.1, -0.05) is 36.4 Å². The number of nitrogens with zero attached hydrogens (tertiary/aromatic N) is 1. The summed E-state index contributed by atoms with van der Waals surface area (Å²) in [6.07, 6.45) is 8.72. The molecule has 1 aromatic carbocycles. The molecular weight excluding hydrogens is 238 g/mol. The number of allylic oxidation sites excluding steroid dienone is 1. The summed E-state index contributed by atoms with van der Waals surface area (Å²) in [6.45, 7) is 4.18. The Hall–Kier alpha value is -2.03. The predicted molar refractivity (Wildman–Crippen MR) is 76.2 cm³/mol. The van der Waals surface area contributed by atoms with Crippen LogP contribution in [0.2, 0.25) is 0 Å². The van der Waals surface area contributed by atoms with Crippen LogP contribution in [0.5, 0.6) is 0 Å². The first-order valence-corrected chi connectivity index (χ1v) is 6.61. The van der Waals surface area contributed by atoms with Crippen molar-refractivity contribution in [3.8, 4) is 0 Å². The van der Waals surface area contributed by atoms with Crippen molar-refractivity contribution in [3.63, 3.8) is 0 Å². The maximum Gasteiger partial charge on any atom is 0.344 e. The van der Waals surface area contributed by atoms with Gasteiger partial charge in [0.15, 0.2) is 6.61 Å². The Morgan fingerprint density at radius 2 is 2.11 bits per heavy atom. The van der Waals surface area contributed by atoms with E-state index in [1.165, 1.54) is 5.56 Å². The fourth-order valence-corrected chi connectivity index (χ4v) is 2.13. The molecule has 100 valence electrons. The number of unbranched alkanes of at least 4 members (excludes halogenated alkanes) is 2.